The number of anilines is 1. The lowest BCUT2D eigenvalue weighted by molar-refractivity contribution is -0.122. The van der Waals surface area contributed by atoms with Gasteiger partial charge in [0.15, 0.2) is 0 Å². The van der Waals surface area contributed by atoms with Crippen LogP contribution in [0.25, 0.3) is 0 Å². The Morgan fingerprint density at radius 2 is 2.32 bits per heavy atom. The summed E-state index contributed by atoms with van der Waals surface area (Å²) in [7, 11) is 1.58. The van der Waals surface area contributed by atoms with Gasteiger partial charge in [-0.15, -0.1) is 0 Å². The van der Waals surface area contributed by atoms with Gasteiger partial charge in [0, 0.05) is 26.3 Å². The summed E-state index contributed by atoms with van der Waals surface area (Å²) in [6.45, 7) is 5.25. The second-order valence-electron chi connectivity index (χ2n) is 6.61. The zero-order valence-corrected chi connectivity index (χ0v) is 15.1. The predicted octanol–water partition coefficient (Wildman–Crippen LogP) is 0.610. The Labute approximate surface area is 148 Å². The molecule has 2 unspecified atom stereocenters. The molecule has 1 aromatic heterocycles. The molecular weight excluding hydrogens is 322 g/mol. The van der Waals surface area contributed by atoms with Crippen molar-refractivity contribution < 1.29 is 14.3 Å². The van der Waals surface area contributed by atoms with Gasteiger partial charge in [-0.2, -0.15) is 5.10 Å². The molecule has 2 amide bonds. The quantitative estimate of drug-likeness (QED) is 0.567. The van der Waals surface area contributed by atoms with Gasteiger partial charge in [0.2, 0.25) is 11.8 Å². The molecule has 0 aromatic carbocycles. The van der Waals surface area contributed by atoms with Crippen molar-refractivity contribution in [3.63, 3.8) is 0 Å². The van der Waals surface area contributed by atoms with Crippen LogP contribution in [-0.2, 0) is 20.9 Å². The number of amides is 2. The van der Waals surface area contributed by atoms with E-state index in [2.05, 4.69) is 28.0 Å². The number of nitrogens with zero attached hydrogens (tertiary/aromatic N) is 2. The van der Waals surface area contributed by atoms with Crippen LogP contribution < -0.4 is 16.0 Å². The fourth-order valence-electron chi connectivity index (χ4n) is 3.05. The van der Waals surface area contributed by atoms with Crippen molar-refractivity contribution in [1.29, 1.82) is 0 Å². The topological polar surface area (TPSA) is 97.3 Å². The van der Waals surface area contributed by atoms with Crippen LogP contribution in [0.2, 0.25) is 0 Å². The number of aromatic nitrogens is 2. The summed E-state index contributed by atoms with van der Waals surface area (Å²) in [4.78, 5) is 23.9. The Morgan fingerprint density at radius 1 is 1.48 bits per heavy atom. The number of nitrogens with one attached hydrogen (secondary N) is 3. The molecule has 0 spiro atoms. The van der Waals surface area contributed by atoms with Gasteiger partial charge < -0.3 is 20.7 Å². The predicted molar refractivity (Wildman–Crippen MR) is 95.1 cm³/mol. The van der Waals surface area contributed by atoms with Crippen molar-refractivity contribution in [2.75, 3.05) is 38.7 Å². The lowest BCUT2D eigenvalue weighted by Crippen LogP contribution is -2.34. The van der Waals surface area contributed by atoms with Gasteiger partial charge in [-0.05, 0) is 37.8 Å². The van der Waals surface area contributed by atoms with Crippen molar-refractivity contribution in [2.24, 2.45) is 11.8 Å². The number of rotatable bonds is 9. The highest BCUT2D eigenvalue weighted by atomic mass is 16.5. The lowest BCUT2D eigenvalue weighted by Gasteiger charge is -2.27. The van der Waals surface area contributed by atoms with Crippen molar-refractivity contribution in [2.45, 2.75) is 32.7 Å². The Balaban J connectivity index is 1.74. The third kappa shape index (κ3) is 6.83. The second-order valence-corrected chi connectivity index (χ2v) is 6.61. The van der Waals surface area contributed by atoms with Crippen LogP contribution in [0.3, 0.4) is 0 Å². The molecule has 1 fully saturated rings. The van der Waals surface area contributed by atoms with E-state index < -0.39 is 0 Å². The Hall–Kier alpha value is -1.93. The van der Waals surface area contributed by atoms with Crippen LogP contribution in [0.1, 0.15) is 26.2 Å². The van der Waals surface area contributed by atoms with E-state index in [0.29, 0.717) is 37.1 Å². The molecule has 0 radical (unpaired) electrons. The van der Waals surface area contributed by atoms with Crippen LogP contribution >= 0.6 is 0 Å². The van der Waals surface area contributed by atoms with E-state index in [1.807, 2.05) is 0 Å². The Bertz CT molecular complexity index is 554. The maximum atomic E-state index is 12.2. The van der Waals surface area contributed by atoms with E-state index in [1.54, 1.807) is 19.5 Å². The summed E-state index contributed by atoms with van der Waals surface area (Å²) in [6.07, 6.45) is 6.08. The first kappa shape index (κ1) is 19.4. The largest absolute Gasteiger partial charge is 0.383 e. The summed E-state index contributed by atoms with van der Waals surface area (Å²) in [5.74, 6) is 0.742. The molecule has 1 saturated heterocycles. The van der Waals surface area contributed by atoms with E-state index in [-0.39, 0.29) is 18.4 Å². The SMILES string of the molecule is COCCNC(=O)Cn1cc(NC(=O)CC(C)C2CCCNC2)cn1. The molecule has 8 nitrogen and oxygen atoms in total. The molecule has 3 N–H and O–H groups in total. The number of methoxy groups -OCH3 is 1. The summed E-state index contributed by atoms with van der Waals surface area (Å²) < 4.78 is 6.38. The highest BCUT2D eigenvalue weighted by Gasteiger charge is 2.22. The maximum Gasteiger partial charge on any atom is 0.241 e. The smallest absolute Gasteiger partial charge is 0.241 e. The third-order valence-electron chi connectivity index (χ3n) is 4.50. The van der Waals surface area contributed by atoms with Gasteiger partial charge in [-0.25, -0.2) is 0 Å². The van der Waals surface area contributed by atoms with E-state index >= 15 is 0 Å². The summed E-state index contributed by atoms with van der Waals surface area (Å²) >= 11 is 0. The lowest BCUT2D eigenvalue weighted by atomic mass is 9.85. The molecule has 2 rings (SSSR count). The van der Waals surface area contributed by atoms with E-state index in [9.17, 15) is 9.59 Å². The highest BCUT2D eigenvalue weighted by Crippen LogP contribution is 2.22. The zero-order valence-electron chi connectivity index (χ0n) is 15.1. The van der Waals surface area contributed by atoms with Crippen molar-refractivity contribution in [3.05, 3.63) is 12.4 Å². The number of ether oxygens (including phenoxy) is 1. The first-order valence-corrected chi connectivity index (χ1v) is 8.87. The van der Waals surface area contributed by atoms with Gasteiger partial charge >= 0.3 is 0 Å². The molecule has 0 saturated carbocycles. The van der Waals surface area contributed by atoms with Crippen LogP contribution in [0.15, 0.2) is 12.4 Å². The molecular formula is C17H29N5O3. The number of hydrogen-bond acceptors (Lipinski definition) is 5. The highest BCUT2D eigenvalue weighted by molar-refractivity contribution is 5.90. The molecule has 0 aliphatic carbocycles. The molecule has 140 valence electrons. The van der Waals surface area contributed by atoms with E-state index in [1.165, 1.54) is 17.5 Å². The minimum atomic E-state index is -0.142. The Morgan fingerprint density at radius 3 is 3.04 bits per heavy atom. The van der Waals surface area contributed by atoms with Gasteiger partial charge in [-0.3, -0.25) is 14.3 Å². The van der Waals surface area contributed by atoms with Gasteiger partial charge in [0.1, 0.15) is 6.54 Å². The van der Waals surface area contributed by atoms with Gasteiger partial charge in [0.05, 0.1) is 18.5 Å². The molecule has 2 atom stereocenters. The zero-order chi connectivity index (χ0) is 18.1. The van der Waals surface area contributed by atoms with Crippen LogP contribution in [0, 0.1) is 11.8 Å². The van der Waals surface area contributed by atoms with E-state index in [0.717, 1.165) is 13.1 Å². The number of piperidine rings is 1. The average Bonchev–Trinajstić information content (AvgIpc) is 3.02. The normalized spacial score (nSPS) is 18.6. The van der Waals surface area contributed by atoms with Crippen molar-refractivity contribution >= 4 is 17.5 Å². The van der Waals surface area contributed by atoms with Gasteiger partial charge in [-0.1, -0.05) is 6.92 Å². The molecule has 8 heteroatoms. The van der Waals surface area contributed by atoms with E-state index in [4.69, 9.17) is 4.74 Å². The van der Waals surface area contributed by atoms with Crippen LogP contribution in [-0.4, -0.2) is 54.9 Å². The number of carbonyl (C=O) groups is 2. The first-order valence-electron chi connectivity index (χ1n) is 8.87. The first-order chi connectivity index (χ1) is 12.1. The number of carbonyl (C=O) groups excluding carboxylic acids is 2. The van der Waals surface area contributed by atoms with Crippen molar-refractivity contribution in [1.82, 2.24) is 20.4 Å². The summed E-state index contributed by atoms with van der Waals surface area (Å²) in [5, 5.41) is 13.1. The average molecular weight is 351 g/mol. The summed E-state index contributed by atoms with van der Waals surface area (Å²) in [5.41, 5.74) is 0.615. The molecule has 1 aliphatic rings. The molecule has 1 aliphatic heterocycles. The van der Waals surface area contributed by atoms with Gasteiger partial charge in [0.25, 0.3) is 0 Å². The minimum Gasteiger partial charge on any atom is -0.383 e. The molecule has 0 bridgehead atoms. The molecule has 25 heavy (non-hydrogen) atoms. The van der Waals surface area contributed by atoms with Crippen LogP contribution in [0.4, 0.5) is 5.69 Å². The second kappa shape index (κ2) is 10.1. The third-order valence-corrected chi connectivity index (χ3v) is 4.50. The maximum absolute atomic E-state index is 12.2. The Kier molecular flexibility index (Phi) is 7.87. The number of hydrogen-bond donors (Lipinski definition) is 3. The fourth-order valence-corrected chi connectivity index (χ4v) is 3.05. The summed E-state index contributed by atoms with van der Waals surface area (Å²) in [6, 6.07) is 0. The standard InChI is InChI=1S/C17H29N5O3/c1-13(14-4-3-5-18-9-14)8-16(23)21-15-10-20-22(11-15)12-17(24)19-6-7-25-2/h10-11,13-14,18H,3-9,12H2,1-2H3,(H,19,24)(H,21,23). The fraction of sp³-hybridized carbons (Fsp3) is 0.706. The molecule has 2 heterocycles. The monoisotopic (exact) mass is 351 g/mol. The van der Waals surface area contributed by atoms with Crippen LogP contribution in [0.5, 0.6) is 0 Å². The van der Waals surface area contributed by atoms with Crippen molar-refractivity contribution in [3.8, 4) is 0 Å². The molecule has 1 aromatic rings. The minimum absolute atomic E-state index is 0.0119.